The summed E-state index contributed by atoms with van der Waals surface area (Å²) in [5, 5.41) is 0.162. The monoisotopic (exact) mass is 258 g/mol. The van der Waals surface area contributed by atoms with Crippen LogP contribution in [0.4, 0.5) is 0 Å². The fourth-order valence-electron chi connectivity index (χ4n) is 1.54. The van der Waals surface area contributed by atoms with Gasteiger partial charge in [-0.1, -0.05) is 39.3 Å². The van der Waals surface area contributed by atoms with Crippen molar-refractivity contribution in [2.45, 2.75) is 47.1 Å². The maximum atomic E-state index is 12.0. The van der Waals surface area contributed by atoms with Gasteiger partial charge in [-0.2, -0.15) is 0 Å². The van der Waals surface area contributed by atoms with Crippen LogP contribution in [0.5, 0.6) is 0 Å². The summed E-state index contributed by atoms with van der Waals surface area (Å²) in [5.41, 5.74) is -0.148. The van der Waals surface area contributed by atoms with Crippen molar-refractivity contribution in [1.29, 1.82) is 0 Å². The van der Waals surface area contributed by atoms with Gasteiger partial charge < -0.3 is 0 Å². The number of aromatic amines is 1. The van der Waals surface area contributed by atoms with Gasteiger partial charge in [0, 0.05) is 6.54 Å². The number of hydrogen-bond donors (Lipinski definition) is 1. The van der Waals surface area contributed by atoms with Gasteiger partial charge in [0.1, 0.15) is 5.15 Å². The average Bonchev–Trinajstić information content (AvgIpc) is 2.15. The number of hydrogen-bond acceptors (Lipinski definition) is 2. The van der Waals surface area contributed by atoms with Crippen molar-refractivity contribution < 1.29 is 0 Å². The summed E-state index contributed by atoms with van der Waals surface area (Å²) in [7, 11) is 0. The summed E-state index contributed by atoms with van der Waals surface area (Å²) in [6.45, 7) is 8.48. The number of nitrogens with one attached hydrogen (secondary N) is 1. The number of H-pyrrole nitrogens is 1. The second-order valence-corrected chi connectivity index (χ2v) is 5.72. The number of halogens is 1. The van der Waals surface area contributed by atoms with Crippen molar-refractivity contribution in [3.63, 3.8) is 0 Å². The van der Waals surface area contributed by atoms with Crippen LogP contribution >= 0.6 is 11.6 Å². The average molecular weight is 259 g/mol. The molecule has 1 heterocycles. The maximum absolute atomic E-state index is 12.0. The van der Waals surface area contributed by atoms with Crippen LogP contribution in [0.1, 0.15) is 39.7 Å². The minimum atomic E-state index is -0.429. The Hall–Kier alpha value is -1.03. The Morgan fingerprint density at radius 3 is 2.35 bits per heavy atom. The molecule has 0 atom stereocenters. The summed E-state index contributed by atoms with van der Waals surface area (Å²) in [4.78, 5) is 26.2. The Morgan fingerprint density at radius 1 is 1.29 bits per heavy atom. The summed E-state index contributed by atoms with van der Waals surface area (Å²) in [6, 6.07) is 0. The Kier molecular flexibility index (Phi) is 4.20. The van der Waals surface area contributed by atoms with E-state index in [1.165, 1.54) is 4.57 Å². The van der Waals surface area contributed by atoms with Gasteiger partial charge in [0.15, 0.2) is 0 Å². The fourth-order valence-corrected chi connectivity index (χ4v) is 1.84. The molecule has 17 heavy (non-hydrogen) atoms. The van der Waals surface area contributed by atoms with Gasteiger partial charge in [0.25, 0.3) is 5.56 Å². The molecule has 0 fully saturated rings. The number of aromatic nitrogens is 2. The van der Waals surface area contributed by atoms with E-state index in [9.17, 15) is 9.59 Å². The molecule has 0 aromatic carbocycles. The van der Waals surface area contributed by atoms with Gasteiger partial charge in [0.05, 0.1) is 5.56 Å². The molecule has 0 amide bonds. The van der Waals surface area contributed by atoms with Crippen LogP contribution < -0.4 is 11.2 Å². The van der Waals surface area contributed by atoms with Gasteiger partial charge in [0.2, 0.25) is 0 Å². The zero-order valence-corrected chi connectivity index (χ0v) is 11.5. The first-order valence-electron chi connectivity index (χ1n) is 5.77. The van der Waals surface area contributed by atoms with Crippen LogP contribution in [0.25, 0.3) is 0 Å². The van der Waals surface area contributed by atoms with E-state index < -0.39 is 5.69 Å². The predicted octanol–water partition coefficient (Wildman–Crippen LogP) is 2.19. The third kappa shape index (κ3) is 3.46. The summed E-state index contributed by atoms with van der Waals surface area (Å²) >= 11 is 5.83. The third-order valence-corrected chi connectivity index (χ3v) is 2.99. The first kappa shape index (κ1) is 14.0. The van der Waals surface area contributed by atoms with Crippen molar-refractivity contribution in [1.82, 2.24) is 9.55 Å². The lowest BCUT2D eigenvalue weighted by molar-refractivity contribution is 0.343. The van der Waals surface area contributed by atoms with E-state index in [-0.39, 0.29) is 16.1 Å². The molecule has 0 aliphatic heterocycles. The molecular formula is C12H19ClN2O2. The molecule has 96 valence electrons. The second-order valence-electron chi connectivity index (χ2n) is 5.34. The van der Waals surface area contributed by atoms with Gasteiger partial charge in [-0.25, -0.2) is 4.79 Å². The van der Waals surface area contributed by atoms with Gasteiger partial charge in [-0.15, -0.1) is 0 Å². The highest BCUT2D eigenvalue weighted by atomic mass is 35.5. The molecule has 0 unspecified atom stereocenters. The lowest BCUT2D eigenvalue weighted by atomic mass is 9.92. The molecule has 0 spiro atoms. The topological polar surface area (TPSA) is 54.9 Å². The Bertz CT molecular complexity index is 509. The van der Waals surface area contributed by atoms with E-state index in [1.54, 1.807) is 0 Å². The molecule has 0 aliphatic rings. The quantitative estimate of drug-likeness (QED) is 0.845. The van der Waals surface area contributed by atoms with Crippen molar-refractivity contribution in [2.75, 3.05) is 0 Å². The molecule has 5 heteroatoms. The van der Waals surface area contributed by atoms with Crippen LogP contribution in [0.15, 0.2) is 9.59 Å². The van der Waals surface area contributed by atoms with Crippen LogP contribution in [0, 0.1) is 5.41 Å². The van der Waals surface area contributed by atoms with Gasteiger partial charge in [-0.3, -0.25) is 14.3 Å². The Morgan fingerprint density at radius 2 is 1.88 bits per heavy atom. The highest BCUT2D eigenvalue weighted by Gasteiger charge is 2.14. The largest absolute Gasteiger partial charge is 0.329 e. The Balaban J connectivity index is 3.17. The third-order valence-electron chi connectivity index (χ3n) is 2.67. The summed E-state index contributed by atoms with van der Waals surface area (Å²) < 4.78 is 1.23. The summed E-state index contributed by atoms with van der Waals surface area (Å²) in [5.74, 6) is 0. The van der Waals surface area contributed by atoms with Gasteiger partial charge in [-0.05, 0) is 18.3 Å². The van der Waals surface area contributed by atoms with E-state index in [4.69, 9.17) is 11.6 Å². The number of rotatable bonds is 3. The van der Waals surface area contributed by atoms with Crippen molar-refractivity contribution in [3.05, 3.63) is 31.6 Å². The zero-order chi connectivity index (χ0) is 13.2. The molecule has 1 aromatic heterocycles. The van der Waals surface area contributed by atoms with E-state index in [1.807, 2.05) is 6.92 Å². The van der Waals surface area contributed by atoms with Crippen molar-refractivity contribution in [3.8, 4) is 0 Å². The van der Waals surface area contributed by atoms with Crippen LogP contribution in [0.3, 0.4) is 0 Å². The molecule has 1 aromatic rings. The predicted molar refractivity (Wildman–Crippen MR) is 69.8 cm³/mol. The summed E-state index contributed by atoms with van der Waals surface area (Å²) in [6.07, 6.45) is 1.28. The molecule has 0 bridgehead atoms. The first-order chi connectivity index (χ1) is 7.76. The maximum Gasteiger partial charge on any atom is 0.329 e. The van der Waals surface area contributed by atoms with E-state index in [0.29, 0.717) is 18.5 Å². The highest BCUT2D eigenvalue weighted by Crippen LogP contribution is 2.18. The molecule has 4 nitrogen and oxygen atoms in total. The van der Waals surface area contributed by atoms with E-state index in [2.05, 4.69) is 25.8 Å². The molecule has 1 N–H and O–H groups in total. The lowest BCUT2D eigenvalue weighted by Gasteiger charge is -2.18. The van der Waals surface area contributed by atoms with E-state index in [0.717, 1.165) is 6.42 Å². The molecule has 0 saturated heterocycles. The first-order valence-corrected chi connectivity index (χ1v) is 6.15. The molecule has 1 rings (SSSR count). The minimum absolute atomic E-state index is 0.0812. The van der Waals surface area contributed by atoms with E-state index >= 15 is 0 Å². The second kappa shape index (κ2) is 5.08. The lowest BCUT2D eigenvalue weighted by Crippen LogP contribution is -2.38. The standard InChI is InChI=1S/C12H19ClN2O2/c1-5-8-9(13)14-11(17)15(10(8)16)7-6-12(2,3)4/h5-7H2,1-4H3,(H,14,17). The molecule has 0 radical (unpaired) electrons. The molecule has 0 aliphatic carbocycles. The normalized spacial score (nSPS) is 11.8. The minimum Gasteiger partial charge on any atom is -0.297 e. The van der Waals surface area contributed by atoms with Gasteiger partial charge >= 0.3 is 5.69 Å². The zero-order valence-electron chi connectivity index (χ0n) is 10.8. The fraction of sp³-hybridized carbons (Fsp3) is 0.667. The van der Waals surface area contributed by atoms with Crippen molar-refractivity contribution >= 4 is 11.6 Å². The van der Waals surface area contributed by atoms with Crippen LogP contribution in [-0.2, 0) is 13.0 Å². The van der Waals surface area contributed by atoms with Crippen LogP contribution in [0.2, 0.25) is 5.15 Å². The smallest absolute Gasteiger partial charge is 0.297 e. The Labute approximate surface area is 106 Å². The number of nitrogens with zero attached hydrogens (tertiary/aromatic N) is 1. The van der Waals surface area contributed by atoms with Crippen LogP contribution in [-0.4, -0.2) is 9.55 Å². The SMILES string of the molecule is CCc1c(Cl)[nH]c(=O)n(CCC(C)(C)C)c1=O. The molecular weight excluding hydrogens is 240 g/mol. The highest BCUT2D eigenvalue weighted by molar-refractivity contribution is 6.30. The van der Waals surface area contributed by atoms with Crippen molar-refractivity contribution in [2.24, 2.45) is 5.41 Å². The molecule has 0 saturated carbocycles.